The zero-order valence-electron chi connectivity index (χ0n) is 12.9. The molecule has 0 spiro atoms. The van der Waals surface area contributed by atoms with Crippen molar-refractivity contribution in [2.75, 3.05) is 13.7 Å². The Morgan fingerprint density at radius 1 is 1.41 bits per heavy atom. The largest absolute Gasteiger partial charge is 0.494 e. The first-order valence-electron chi connectivity index (χ1n) is 7.29. The number of hydrogen-bond donors (Lipinski definition) is 2. The van der Waals surface area contributed by atoms with Crippen molar-refractivity contribution in [2.24, 2.45) is 0 Å². The van der Waals surface area contributed by atoms with Crippen LogP contribution in [0.2, 0.25) is 0 Å². The topological polar surface area (TPSA) is 54.1 Å². The van der Waals surface area contributed by atoms with Crippen LogP contribution in [0.1, 0.15) is 38.2 Å². The number of carbonyl (C=O) groups excluding carboxylic acids is 1. The molecule has 0 radical (unpaired) electrons. The van der Waals surface area contributed by atoms with E-state index in [-0.39, 0.29) is 23.1 Å². The summed E-state index contributed by atoms with van der Waals surface area (Å²) in [6, 6.07) is 1.48. The number of H-pyrrole nitrogens is 1. The molecule has 1 heterocycles. The van der Waals surface area contributed by atoms with Gasteiger partial charge in [-0.15, -0.1) is 0 Å². The molecule has 0 bridgehead atoms. The van der Waals surface area contributed by atoms with E-state index >= 15 is 0 Å². The van der Waals surface area contributed by atoms with Crippen LogP contribution in [-0.2, 0) is 4.79 Å². The van der Waals surface area contributed by atoms with Crippen molar-refractivity contribution in [3.63, 3.8) is 0 Å². The van der Waals surface area contributed by atoms with E-state index in [0.29, 0.717) is 18.4 Å². The molecule has 0 aliphatic heterocycles. The molecule has 4 nitrogen and oxygen atoms in total. The maximum atomic E-state index is 14.0. The molecule has 0 aliphatic rings. The van der Waals surface area contributed by atoms with Crippen LogP contribution >= 0.6 is 0 Å². The zero-order chi connectivity index (χ0) is 16.3. The molecule has 1 atom stereocenters. The zero-order valence-corrected chi connectivity index (χ0v) is 12.9. The molecule has 1 aromatic heterocycles. The van der Waals surface area contributed by atoms with Gasteiger partial charge < -0.3 is 15.0 Å². The molecule has 1 amide bonds. The number of ether oxygens (including phenoxy) is 1. The van der Waals surface area contributed by atoms with E-state index in [0.717, 1.165) is 12.0 Å². The average Bonchev–Trinajstić information content (AvgIpc) is 2.92. The Morgan fingerprint density at radius 3 is 2.77 bits per heavy atom. The fourth-order valence-electron chi connectivity index (χ4n) is 2.45. The normalized spacial score (nSPS) is 12.4. The molecule has 2 rings (SSSR count). The Morgan fingerprint density at radius 2 is 2.14 bits per heavy atom. The van der Waals surface area contributed by atoms with Crippen molar-refractivity contribution >= 4 is 16.8 Å². The summed E-state index contributed by atoms with van der Waals surface area (Å²) in [6.45, 7) is 4.29. The lowest BCUT2D eigenvalue weighted by atomic mass is 10.00. The van der Waals surface area contributed by atoms with Crippen LogP contribution in [0.15, 0.2) is 12.3 Å². The molecule has 1 unspecified atom stereocenters. The van der Waals surface area contributed by atoms with Gasteiger partial charge in [0, 0.05) is 30.5 Å². The number of halogens is 2. The molecule has 6 heteroatoms. The average molecular weight is 310 g/mol. The molecule has 0 saturated heterocycles. The predicted octanol–water partition coefficient (Wildman–Crippen LogP) is 3.47. The number of amides is 1. The van der Waals surface area contributed by atoms with Crippen molar-refractivity contribution in [1.82, 2.24) is 10.3 Å². The Labute approximate surface area is 127 Å². The summed E-state index contributed by atoms with van der Waals surface area (Å²) in [5.74, 6) is -2.14. The number of methoxy groups -OCH3 is 1. The van der Waals surface area contributed by atoms with E-state index < -0.39 is 11.6 Å². The van der Waals surface area contributed by atoms with Crippen LogP contribution in [-0.4, -0.2) is 24.5 Å². The summed E-state index contributed by atoms with van der Waals surface area (Å²) in [5, 5.41) is 3.40. The number of aromatic nitrogens is 1. The molecule has 2 aromatic rings. The minimum atomic E-state index is -1.01. The third-order valence-corrected chi connectivity index (χ3v) is 3.69. The van der Waals surface area contributed by atoms with Gasteiger partial charge in [0.25, 0.3) is 0 Å². The van der Waals surface area contributed by atoms with Gasteiger partial charge in [0.2, 0.25) is 11.7 Å². The van der Waals surface area contributed by atoms with Crippen LogP contribution in [0.25, 0.3) is 10.9 Å². The second kappa shape index (κ2) is 6.77. The van der Waals surface area contributed by atoms with Crippen molar-refractivity contribution in [2.45, 2.75) is 32.6 Å². The van der Waals surface area contributed by atoms with E-state index in [1.807, 2.05) is 13.8 Å². The van der Waals surface area contributed by atoms with E-state index in [9.17, 15) is 13.6 Å². The maximum Gasteiger partial charge on any atom is 0.220 e. The fourth-order valence-corrected chi connectivity index (χ4v) is 2.45. The highest BCUT2D eigenvalue weighted by atomic mass is 19.2. The minimum Gasteiger partial charge on any atom is -0.494 e. The van der Waals surface area contributed by atoms with E-state index in [2.05, 4.69) is 10.3 Å². The first kappa shape index (κ1) is 16.3. The SMILES string of the molecule is CCCC(=O)NCC(C)c1c[nH]c2c(F)c(F)c(OC)cc12. The van der Waals surface area contributed by atoms with Gasteiger partial charge in [0.1, 0.15) is 0 Å². The van der Waals surface area contributed by atoms with Gasteiger partial charge in [-0.05, 0) is 18.1 Å². The summed E-state index contributed by atoms with van der Waals surface area (Å²) in [4.78, 5) is 14.3. The van der Waals surface area contributed by atoms with Gasteiger partial charge >= 0.3 is 0 Å². The summed E-state index contributed by atoms with van der Waals surface area (Å²) < 4.78 is 32.6. The van der Waals surface area contributed by atoms with Gasteiger partial charge in [-0.1, -0.05) is 13.8 Å². The Balaban J connectivity index is 2.28. The summed E-state index contributed by atoms with van der Waals surface area (Å²) in [7, 11) is 1.30. The standard InChI is InChI=1S/C16H20F2N2O2/c1-4-5-13(21)19-7-9(2)11-8-20-16-10(11)6-12(22-3)14(17)15(16)18/h6,8-9,20H,4-5,7H2,1-3H3,(H,19,21). The highest BCUT2D eigenvalue weighted by Crippen LogP contribution is 2.33. The summed E-state index contributed by atoms with van der Waals surface area (Å²) in [6.07, 6.45) is 2.91. The second-order valence-electron chi connectivity index (χ2n) is 5.33. The summed E-state index contributed by atoms with van der Waals surface area (Å²) in [5.41, 5.74) is 0.920. The lowest BCUT2D eigenvalue weighted by molar-refractivity contribution is -0.121. The quantitative estimate of drug-likeness (QED) is 0.858. The lowest BCUT2D eigenvalue weighted by Crippen LogP contribution is -2.26. The van der Waals surface area contributed by atoms with E-state index in [4.69, 9.17) is 4.74 Å². The van der Waals surface area contributed by atoms with Crippen molar-refractivity contribution in [3.05, 3.63) is 29.5 Å². The van der Waals surface area contributed by atoms with Crippen molar-refractivity contribution < 1.29 is 18.3 Å². The number of hydrogen-bond acceptors (Lipinski definition) is 2. The monoisotopic (exact) mass is 310 g/mol. The number of nitrogens with one attached hydrogen (secondary N) is 2. The number of fused-ring (bicyclic) bond motifs is 1. The van der Waals surface area contributed by atoms with Gasteiger partial charge in [0.15, 0.2) is 11.6 Å². The number of benzene rings is 1. The Hall–Kier alpha value is -2.11. The van der Waals surface area contributed by atoms with Crippen molar-refractivity contribution in [3.8, 4) is 5.75 Å². The lowest BCUT2D eigenvalue weighted by Gasteiger charge is -2.12. The van der Waals surface area contributed by atoms with Crippen LogP contribution in [0.5, 0.6) is 5.75 Å². The molecule has 0 aliphatic carbocycles. The van der Waals surface area contributed by atoms with Crippen LogP contribution < -0.4 is 10.1 Å². The highest BCUT2D eigenvalue weighted by molar-refractivity contribution is 5.86. The molecular formula is C16H20F2N2O2. The molecular weight excluding hydrogens is 290 g/mol. The first-order chi connectivity index (χ1) is 10.5. The predicted molar refractivity (Wildman–Crippen MR) is 81.1 cm³/mol. The van der Waals surface area contributed by atoms with Crippen LogP contribution in [0.4, 0.5) is 8.78 Å². The second-order valence-corrected chi connectivity index (χ2v) is 5.33. The molecule has 0 saturated carbocycles. The third kappa shape index (κ3) is 3.05. The molecule has 2 N–H and O–H groups in total. The van der Waals surface area contributed by atoms with Gasteiger partial charge in [-0.25, -0.2) is 4.39 Å². The molecule has 0 fully saturated rings. The van der Waals surface area contributed by atoms with Crippen LogP contribution in [0, 0.1) is 11.6 Å². The smallest absolute Gasteiger partial charge is 0.220 e. The molecule has 120 valence electrons. The fraction of sp³-hybridized carbons (Fsp3) is 0.438. The number of rotatable bonds is 6. The van der Waals surface area contributed by atoms with E-state index in [1.165, 1.54) is 13.2 Å². The van der Waals surface area contributed by atoms with Crippen molar-refractivity contribution in [1.29, 1.82) is 0 Å². The number of carbonyl (C=O) groups is 1. The molecule has 1 aromatic carbocycles. The van der Waals surface area contributed by atoms with Crippen LogP contribution in [0.3, 0.4) is 0 Å². The van der Waals surface area contributed by atoms with Gasteiger partial charge in [-0.2, -0.15) is 4.39 Å². The third-order valence-electron chi connectivity index (χ3n) is 3.69. The Bertz CT molecular complexity index is 682. The molecule has 22 heavy (non-hydrogen) atoms. The number of aromatic amines is 1. The van der Waals surface area contributed by atoms with Gasteiger partial charge in [0.05, 0.1) is 12.6 Å². The van der Waals surface area contributed by atoms with E-state index in [1.54, 1.807) is 6.20 Å². The highest BCUT2D eigenvalue weighted by Gasteiger charge is 2.20. The first-order valence-corrected chi connectivity index (χ1v) is 7.29. The summed E-state index contributed by atoms with van der Waals surface area (Å²) >= 11 is 0. The van der Waals surface area contributed by atoms with Gasteiger partial charge in [-0.3, -0.25) is 4.79 Å². The Kier molecular flexibility index (Phi) is 5.00. The maximum absolute atomic E-state index is 14.0. The minimum absolute atomic E-state index is 0.0102.